The molecule has 1 amide bonds. The van der Waals surface area contributed by atoms with Crippen molar-refractivity contribution in [3.05, 3.63) is 102 Å². The van der Waals surface area contributed by atoms with E-state index in [1.165, 1.54) is 30.9 Å². The van der Waals surface area contributed by atoms with Crippen LogP contribution in [0.15, 0.2) is 79.1 Å². The second-order valence-electron chi connectivity index (χ2n) is 9.43. The van der Waals surface area contributed by atoms with Crippen LogP contribution in [0.5, 0.6) is 0 Å². The molecule has 0 bridgehead atoms. The fourth-order valence-corrected chi connectivity index (χ4v) is 4.12. The van der Waals surface area contributed by atoms with Gasteiger partial charge in [-0.1, -0.05) is 44.5 Å². The normalized spacial score (nSPS) is 12.4. The summed E-state index contributed by atoms with van der Waals surface area (Å²) in [5.74, 6) is -3.17. The summed E-state index contributed by atoms with van der Waals surface area (Å²) in [6, 6.07) is 13.4. The summed E-state index contributed by atoms with van der Waals surface area (Å²) in [7, 11) is 0. The number of aliphatic hydroxyl groups excluding tert-OH is 1. The number of anilines is 1. The van der Waals surface area contributed by atoms with Crippen molar-refractivity contribution in [3.63, 3.8) is 0 Å². The van der Waals surface area contributed by atoms with Crippen molar-refractivity contribution in [2.45, 2.75) is 38.7 Å². The number of benzene rings is 3. The minimum atomic E-state index is -4.99. The third-order valence-electron chi connectivity index (χ3n) is 6.02. The standard InChI is InChI=1S/C27H16F7N5O2.C3H8/c28-20-13-19(26(29,30)31)17(23-35-9-4-10-36-23)12-18(20)25(41)37-24-16-8-7-14(22(40)27(32,33)34)11-21(16)38-39(24)15-5-2-1-3-6-15;1-3-2/h1-13,22,40H,(H,37,41);3H2,1-2H3. The predicted molar refractivity (Wildman–Crippen MR) is 148 cm³/mol. The van der Waals surface area contributed by atoms with Crippen molar-refractivity contribution in [1.82, 2.24) is 19.7 Å². The maximum atomic E-state index is 15.0. The summed E-state index contributed by atoms with van der Waals surface area (Å²) >= 11 is 0. The molecular weight excluding hydrogens is 595 g/mol. The third kappa shape index (κ3) is 6.86. The number of hydrogen-bond donors (Lipinski definition) is 2. The lowest BCUT2D eigenvalue weighted by molar-refractivity contribution is -0.206. The van der Waals surface area contributed by atoms with Crippen LogP contribution in [0.25, 0.3) is 28.0 Å². The highest BCUT2D eigenvalue weighted by Gasteiger charge is 2.40. The highest BCUT2D eigenvalue weighted by Crippen LogP contribution is 2.38. The lowest BCUT2D eigenvalue weighted by Crippen LogP contribution is -2.20. The molecule has 0 radical (unpaired) electrons. The quantitative estimate of drug-likeness (QED) is 0.195. The van der Waals surface area contributed by atoms with E-state index in [2.05, 4.69) is 34.2 Å². The van der Waals surface area contributed by atoms with Crippen LogP contribution >= 0.6 is 0 Å². The van der Waals surface area contributed by atoms with Gasteiger partial charge in [0.2, 0.25) is 0 Å². The van der Waals surface area contributed by atoms with E-state index in [-0.39, 0.29) is 22.8 Å². The highest BCUT2D eigenvalue weighted by atomic mass is 19.4. The summed E-state index contributed by atoms with van der Waals surface area (Å²) in [5, 5.41) is 16.5. The molecule has 0 saturated heterocycles. The molecule has 230 valence electrons. The first-order valence-corrected chi connectivity index (χ1v) is 13.1. The molecule has 0 aliphatic heterocycles. The van der Waals surface area contributed by atoms with Crippen LogP contribution in [0.1, 0.15) is 47.9 Å². The van der Waals surface area contributed by atoms with Gasteiger partial charge in [0, 0.05) is 23.3 Å². The van der Waals surface area contributed by atoms with E-state index in [1.807, 2.05) is 0 Å². The number of alkyl halides is 6. The summed E-state index contributed by atoms with van der Waals surface area (Å²) in [5.41, 5.74) is -3.04. The Kier molecular flexibility index (Phi) is 9.33. The van der Waals surface area contributed by atoms with Crippen molar-refractivity contribution in [3.8, 4) is 17.1 Å². The number of amides is 1. The Balaban J connectivity index is 0.00000141. The Morgan fingerprint density at radius 2 is 1.57 bits per heavy atom. The van der Waals surface area contributed by atoms with Gasteiger partial charge in [-0.3, -0.25) is 4.79 Å². The molecule has 1 unspecified atom stereocenters. The van der Waals surface area contributed by atoms with Gasteiger partial charge in [-0.2, -0.15) is 31.4 Å². The fourth-order valence-electron chi connectivity index (χ4n) is 4.12. The van der Waals surface area contributed by atoms with Crippen molar-refractivity contribution in [2.75, 3.05) is 5.32 Å². The largest absolute Gasteiger partial charge is 0.418 e. The first-order valence-electron chi connectivity index (χ1n) is 13.1. The molecule has 1 atom stereocenters. The van der Waals surface area contributed by atoms with Gasteiger partial charge in [-0.15, -0.1) is 0 Å². The molecule has 5 aromatic rings. The minimum Gasteiger partial charge on any atom is -0.379 e. The zero-order valence-electron chi connectivity index (χ0n) is 23.1. The molecule has 0 fully saturated rings. The lowest BCUT2D eigenvalue weighted by atomic mass is 10.0. The molecule has 7 nitrogen and oxygen atoms in total. The van der Waals surface area contributed by atoms with Gasteiger partial charge in [0.25, 0.3) is 5.91 Å². The Hall–Kier alpha value is -4.85. The topological polar surface area (TPSA) is 92.9 Å². The molecule has 2 heterocycles. The van der Waals surface area contributed by atoms with E-state index in [4.69, 9.17) is 0 Å². The number of aromatic nitrogens is 4. The number of para-hydroxylation sites is 1. The van der Waals surface area contributed by atoms with Crippen LogP contribution in [0.3, 0.4) is 0 Å². The first kappa shape index (κ1) is 32.1. The van der Waals surface area contributed by atoms with Crippen LogP contribution < -0.4 is 5.32 Å². The van der Waals surface area contributed by atoms with Gasteiger partial charge in [0.15, 0.2) is 11.9 Å². The SMILES string of the molecule is CCC.O=C(Nc1c2ccc(C(O)C(F)(F)F)cc2nn1-c1ccccc1)c1cc(-c2ncccn2)c(C(F)(F)F)cc1F. The zero-order chi connectivity index (χ0) is 32.2. The second kappa shape index (κ2) is 12.8. The fraction of sp³-hybridized carbons (Fsp3) is 0.200. The van der Waals surface area contributed by atoms with Crippen LogP contribution in [0, 0.1) is 5.82 Å². The monoisotopic (exact) mass is 619 g/mol. The summed E-state index contributed by atoms with van der Waals surface area (Å²) < 4.78 is 96.5. The Bertz CT molecular complexity index is 1760. The maximum absolute atomic E-state index is 15.0. The van der Waals surface area contributed by atoms with Crippen LogP contribution in [-0.4, -0.2) is 36.9 Å². The first-order chi connectivity index (χ1) is 20.8. The Labute approximate surface area is 246 Å². The number of fused-ring (bicyclic) bond motifs is 1. The van der Waals surface area contributed by atoms with Gasteiger partial charge >= 0.3 is 12.4 Å². The molecule has 0 saturated carbocycles. The number of nitrogens with one attached hydrogen (secondary N) is 1. The van der Waals surface area contributed by atoms with Crippen molar-refractivity contribution in [2.24, 2.45) is 0 Å². The molecule has 3 aromatic carbocycles. The molecule has 2 aromatic heterocycles. The van der Waals surface area contributed by atoms with Crippen molar-refractivity contribution >= 4 is 22.6 Å². The van der Waals surface area contributed by atoms with Crippen molar-refractivity contribution in [1.29, 1.82) is 0 Å². The zero-order valence-corrected chi connectivity index (χ0v) is 23.1. The summed E-state index contributed by atoms with van der Waals surface area (Å²) in [6.45, 7) is 4.25. The minimum absolute atomic E-state index is 0.0591. The van der Waals surface area contributed by atoms with E-state index in [0.717, 1.165) is 16.8 Å². The maximum Gasteiger partial charge on any atom is 0.418 e. The van der Waals surface area contributed by atoms with Gasteiger partial charge in [-0.25, -0.2) is 19.0 Å². The predicted octanol–water partition coefficient (Wildman–Crippen LogP) is 7.90. The highest BCUT2D eigenvalue weighted by molar-refractivity contribution is 6.09. The van der Waals surface area contributed by atoms with Crippen LogP contribution in [-0.2, 0) is 6.18 Å². The lowest BCUT2D eigenvalue weighted by Gasteiger charge is -2.15. The van der Waals surface area contributed by atoms with Gasteiger partial charge in [-0.05, 0) is 48.0 Å². The molecular formula is C30H24F7N5O2. The van der Waals surface area contributed by atoms with E-state index in [0.29, 0.717) is 11.8 Å². The summed E-state index contributed by atoms with van der Waals surface area (Å²) in [6.07, 6.45) is -9.13. The number of aliphatic hydroxyl groups is 1. The summed E-state index contributed by atoms with van der Waals surface area (Å²) in [4.78, 5) is 20.9. The molecule has 44 heavy (non-hydrogen) atoms. The van der Waals surface area contributed by atoms with Crippen LogP contribution in [0.4, 0.5) is 36.6 Å². The molecule has 0 aliphatic rings. The molecule has 0 spiro atoms. The second-order valence-corrected chi connectivity index (χ2v) is 9.43. The third-order valence-corrected chi connectivity index (χ3v) is 6.02. The van der Waals surface area contributed by atoms with Crippen molar-refractivity contribution < 1.29 is 40.6 Å². The number of carbonyl (C=O) groups excluding carboxylic acids is 1. The molecule has 2 N–H and O–H groups in total. The molecule has 0 aliphatic carbocycles. The Morgan fingerprint density at radius 3 is 2.16 bits per heavy atom. The van der Waals surface area contributed by atoms with E-state index >= 15 is 0 Å². The van der Waals surface area contributed by atoms with E-state index in [9.17, 15) is 40.6 Å². The van der Waals surface area contributed by atoms with E-state index in [1.54, 1.807) is 30.3 Å². The number of nitrogens with zero attached hydrogens (tertiary/aromatic N) is 4. The van der Waals surface area contributed by atoms with Gasteiger partial charge in [0.1, 0.15) is 11.6 Å². The molecule has 14 heteroatoms. The van der Waals surface area contributed by atoms with Gasteiger partial charge < -0.3 is 10.4 Å². The number of halogens is 7. The smallest absolute Gasteiger partial charge is 0.379 e. The van der Waals surface area contributed by atoms with E-state index < -0.39 is 58.3 Å². The number of hydrogen-bond acceptors (Lipinski definition) is 5. The van der Waals surface area contributed by atoms with Gasteiger partial charge in [0.05, 0.1) is 22.3 Å². The number of carbonyl (C=O) groups is 1. The number of rotatable bonds is 5. The van der Waals surface area contributed by atoms with Crippen LogP contribution in [0.2, 0.25) is 0 Å². The molecule has 5 rings (SSSR count). The average molecular weight is 620 g/mol. The Morgan fingerprint density at radius 1 is 0.932 bits per heavy atom. The average Bonchev–Trinajstić information content (AvgIpc) is 3.34.